The minimum Gasteiger partial charge on any atom is -0.392 e. The van der Waals surface area contributed by atoms with Crippen LogP contribution in [0.1, 0.15) is 17.0 Å². The minimum atomic E-state index is 0.0635. The van der Waals surface area contributed by atoms with Gasteiger partial charge in [-0.15, -0.1) is 0 Å². The molecule has 1 aromatic heterocycles. The molecule has 1 N–H and O–H groups in total. The first-order valence-corrected chi connectivity index (χ1v) is 6.57. The van der Waals surface area contributed by atoms with E-state index in [1.807, 2.05) is 61.7 Å². The number of aliphatic hydroxyl groups is 1. The first-order chi connectivity index (χ1) is 9.78. The second-order valence-electron chi connectivity index (χ2n) is 4.75. The van der Waals surface area contributed by atoms with Crippen LogP contribution in [0, 0.1) is 0 Å². The number of benzene rings is 2. The van der Waals surface area contributed by atoms with Crippen molar-refractivity contribution in [2.75, 3.05) is 0 Å². The fourth-order valence-corrected chi connectivity index (χ4v) is 2.28. The number of fused-ring (bicyclic) bond motifs is 1. The molecule has 1 heterocycles. The Balaban J connectivity index is 1.95. The lowest BCUT2D eigenvalue weighted by molar-refractivity contribution is 0.282. The quantitative estimate of drug-likeness (QED) is 0.788. The molecule has 0 spiro atoms. The van der Waals surface area contributed by atoms with Crippen molar-refractivity contribution < 1.29 is 5.11 Å². The third-order valence-corrected chi connectivity index (χ3v) is 3.38. The van der Waals surface area contributed by atoms with Crippen LogP contribution in [0.3, 0.4) is 0 Å². The van der Waals surface area contributed by atoms with Gasteiger partial charge >= 0.3 is 0 Å². The molecule has 3 aromatic rings. The van der Waals surface area contributed by atoms with Gasteiger partial charge in [0.1, 0.15) is 5.82 Å². The molecular weight excluding hydrogens is 248 g/mol. The highest BCUT2D eigenvalue weighted by atomic mass is 16.3. The van der Waals surface area contributed by atoms with E-state index in [1.165, 1.54) is 0 Å². The van der Waals surface area contributed by atoms with Crippen molar-refractivity contribution in [1.82, 2.24) is 9.55 Å². The molecule has 0 atom stereocenters. The molecule has 0 fully saturated rings. The summed E-state index contributed by atoms with van der Waals surface area (Å²) < 4.78 is 2.07. The number of para-hydroxylation sites is 2. The van der Waals surface area contributed by atoms with Crippen molar-refractivity contribution >= 4 is 23.2 Å². The molecule has 3 nitrogen and oxygen atoms in total. The lowest BCUT2D eigenvalue weighted by Gasteiger charge is -1.99. The van der Waals surface area contributed by atoms with E-state index in [2.05, 4.69) is 15.6 Å². The van der Waals surface area contributed by atoms with Crippen LogP contribution in [0.15, 0.2) is 48.5 Å². The maximum Gasteiger partial charge on any atom is 0.133 e. The summed E-state index contributed by atoms with van der Waals surface area (Å²) in [6, 6.07) is 15.9. The van der Waals surface area contributed by atoms with Crippen LogP contribution in [-0.2, 0) is 13.7 Å². The number of rotatable bonds is 3. The monoisotopic (exact) mass is 264 g/mol. The van der Waals surface area contributed by atoms with Crippen LogP contribution in [-0.4, -0.2) is 14.7 Å². The number of aromatic nitrogens is 2. The SMILES string of the molecule is Cn1c(C=Cc2cccc(CO)c2)nc2ccccc21. The molecule has 0 bridgehead atoms. The summed E-state index contributed by atoms with van der Waals surface area (Å²) in [5, 5.41) is 9.15. The Labute approximate surface area is 117 Å². The number of hydrogen-bond donors (Lipinski definition) is 1. The Morgan fingerprint density at radius 1 is 1.10 bits per heavy atom. The predicted molar refractivity (Wildman–Crippen MR) is 82.0 cm³/mol. The van der Waals surface area contributed by atoms with Gasteiger partial charge in [0.25, 0.3) is 0 Å². The molecule has 0 radical (unpaired) electrons. The zero-order chi connectivity index (χ0) is 13.9. The molecule has 0 amide bonds. The number of hydrogen-bond acceptors (Lipinski definition) is 2. The molecule has 2 aromatic carbocycles. The summed E-state index contributed by atoms with van der Waals surface area (Å²) in [6.45, 7) is 0.0635. The highest BCUT2D eigenvalue weighted by Gasteiger charge is 2.03. The Morgan fingerprint density at radius 2 is 1.95 bits per heavy atom. The van der Waals surface area contributed by atoms with E-state index >= 15 is 0 Å². The molecule has 0 saturated heterocycles. The smallest absolute Gasteiger partial charge is 0.133 e. The van der Waals surface area contributed by atoms with Gasteiger partial charge in [-0.2, -0.15) is 0 Å². The van der Waals surface area contributed by atoms with Gasteiger partial charge < -0.3 is 9.67 Å². The topological polar surface area (TPSA) is 38.0 Å². The highest BCUT2D eigenvalue weighted by Crippen LogP contribution is 2.16. The third-order valence-electron chi connectivity index (χ3n) is 3.38. The Morgan fingerprint density at radius 3 is 2.75 bits per heavy atom. The van der Waals surface area contributed by atoms with Crippen LogP contribution >= 0.6 is 0 Å². The fourth-order valence-electron chi connectivity index (χ4n) is 2.28. The summed E-state index contributed by atoms with van der Waals surface area (Å²) in [5.74, 6) is 0.917. The van der Waals surface area contributed by atoms with Crippen molar-refractivity contribution in [3.8, 4) is 0 Å². The Hall–Kier alpha value is -2.39. The zero-order valence-corrected chi connectivity index (χ0v) is 11.3. The summed E-state index contributed by atoms with van der Waals surface area (Å²) >= 11 is 0. The van der Waals surface area contributed by atoms with Gasteiger partial charge in [-0.1, -0.05) is 36.4 Å². The third kappa shape index (κ3) is 2.36. The van der Waals surface area contributed by atoms with Crippen molar-refractivity contribution in [3.63, 3.8) is 0 Å². The summed E-state index contributed by atoms with van der Waals surface area (Å²) in [6.07, 6.45) is 4.01. The first kappa shape index (κ1) is 12.6. The van der Waals surface area contributed by atoms with E-state index < -0.39 is 0 Å². The van der Waals surface area contributed by atoms with E-state index in [1.54, 1.807) is 0 Å². The molecule has 0 saturated carbocycles. The maximum absolute atomic E-state index is 9.15. The highest BCUT2D eigenvalue weighted by molar-refractivity contribution is 5.79. The molecule has 0 unspecified atom stereocenters. The summed E-state index contributed by atoms with van der Waals surface area (Å²) in [7, 11) is 2.01. The molecule has 0 aliphatic rings. The number of aryl methyl sites for hydroxylation is 1. The molecule has 3 heteroatoms. The zero-order valence-electron chi connectivity index (χ0n) is 11.3. The Kier molecular flexibility index (Phi) is 3.35. The van der Waals surface area contributed by atoms with E-state index in [4.69, 9.17) is 5.11 Å². The van der Waals surface area contributed by atoms with Crippen LogP contribution in [0.4, 0.5) is 0 Å². The van der Waals surface area contributed by atoms with Crippen molar-refractivity contribution in [3.05, 3.63) is 65.5 Å². The molecule has 3 rings (SSSR count). The first-order valence-electron chi connectivity index (χ1n) is 6.57. The van der Waals surface area contributed by atoms with E-state index in [0.29, 0.717) is 0 Å². The molecule has 0 aliphatic carbocycles. The predicted octanol–water partition coefficient (Wildman–Crippen LogP) is 3.24. The number of nitrogens with zero attached hydrogens (tertiary/aromatic N) is 2. The van der Waals surface area contributed by atoms with E-state index in [9.17, 15) is 0 Å². The lowest BCUT2D eigenvalue weighted by Crippen LogP contribution is -1.90. The summed E-state index contributed by atoms with van der Waals surface area (Å²) in [4.78, 5) is 4.60. The molecule has 100 valence electrons. The standard InChI is InChI=1S/C17H16N2O/c1-19-16-8-3-2-7-15(16)18-17(19)10-9-13-5-4-6-14(11-13)12-20/h2-11,20H,12H2,1H3. The maximum atomic E-state index is 9.15. The number of imidazole rings is 1. The van der Waals surface area contributed by atoms with Gasteiger partial charge in [0.05, 0.1) is 17.6 Å². The van der Waals surface area contributed by atoms with Gasteiger partial charge in [-0.25, -0.2) is 4.98 Å². The Bertz CT molecular complexity index is 772. The second-order valence-corrected chi connectivity index (χ2v) is 4.75. The molecule has 20 heavy (non-hydrogen) atoms. The number of aliphatic hydroxyl groups excluding tert-OH is 1. The van der Waals surface area contributed by atoms with Crippen LogP contribution in [0.2, 0.25) is 0 Å². The van der Waals surface area contributed by atoms with Gasteiger partial charge in [-0.05, 0) is 35.4 Å². The molecule has 0 aliphatic heterocycles. The van der Waals surface area contributed by atoms with Gasteiger partial charge in [0.15, 0.2) is 0 Å². The van der Waals surface area contributed by atoms with Crippen molar-refractivity contribution in [2.24, 2.45) is 7.05 Å². The largest absolute Gasteiger partial charge is 0.392 e. The van der Waals surface area contributed by atoms with Crippen molar-refractivity contribution in [1.29, 1.82) is 0 Å². The minimum absolute atomic E-state index is 0.0635. The fraction of sp³-hybridized carbons (Fsp3) is 0.118. The second kappa shape index (κ2) is 5.31. The van der Waals surface area contributed by atoms with Gasteiger partial charge in [0, 0.05) is 7.05 Å². The normalized spacial score (nSPS) is 11.5. The van der Waals surface area contributed by atoms with Crippen LogP contribution in [0.5, 0.6) is 0 Å². The van der Waals surface area contributed by atoms with Crippen LogP contribution in [0.25, 0.3) is 23.2 Å². The molecular formula is C17H16N2O. The van der Waals surface area contributed by atoms with Gasteiger partial charge in [-0.3, -0.25) is 0 Å². The lowest BCUT2D eigenvalue weighted by atomic mass is 10.1. The summed E-state index contributed by atoms with van der Waals surface area (Å²) in [5.41, 5.74) is 4.09. The van der Waals surface area contributed by atoms with Crippen molar-refractivity contribution in [2.45, 2.75) is 6.61 Å². The average molecular weight is 264 g/mol. The van der Waals surface area contributed by atoms with Gasteiger partial charge in [0.2, 0.25) is 0 Å². The average Bonchev–Trinajstić information content (AvgIpc) is 2.82. The van der Waals surface area contributed by atoms with Crippen LogP contribution < -0.4 is 0 Å². The van der Waals surface area contributed by atoms with E-state index in [0.717, 1.165) is 28.0 Å². The van der Waals surface area contributed by atoms with E-state index in [-0.39, 0.29) is 6.61 Å².